The van der Waals surface area contributed by atoms with E-state index in [0.717, 1.165) is 25.2 Å². The van der Waals surface area contributed by atoms with Crippen LogP contribution in [0.25, 0.3) is 0 Å². The zero-order valence-corrected chi connectivity index (χ0v) is 17.9. The molecule has 3 aliphatic heterocycles. The first kappa shape index (κ1) is 20.1. The Morgan fingerprint density at radius 1 is 1.41 bits per heavy atom. The highest BCUT2D eigenvalue weighted by molar-refractivity contribution is 5.93. The number of nitrogens with zero attached hydrogens (tertiary/aromatic N) is 4. The molecule has 4 heterocycles. The van der Waals surface area contributed by atoms with Crippen molar-refractivity contribution in [1.82, 2.24) is 19.4 Å². The molecule has 3 aliphatic rings. The van der Waals surface area contributed by atoms with Crippen molar-refractivity contribution in [2.45, 2.75) is 51.9 Å². The molecule has 7 nitrogen and oxygen atoms in total. The Morgan fingerprint density at radius 3 is 2.83 bits per heavy atom. The molecule has 0 aliphatic carbocycles. The van der Waals surface area contributed by atoms with Crippen LogP contribution in [0.2, 0.25) is 0 Å². The standard InChI is InChI=1S/C22H32N4O3/c1-5-16(6-2)13-26-14-22-8-7-17(29-22)18(19(22)21(26)28)20(27)24(4)11-12-25-10-9-23-15(25)3/h7-10,16-19H,5-6,11-14H2,1-4H3/t17-,18+,19-,22-/m0/s1. The van der Waals surface area contributed by atoms with Crippen molar-refractivity contribution in [3.63, 3.8) is 0 Å². The van der Waals surface area contributed by atoms with Crippen LogP contribution in [0.1, 0.15) is 32.5 Å². The van der Waals surface area contributed by atoms with Crippen molar-refractivity contribution in [1.29, 1.82) is 0 Å². The Hall–Kier alpha value is -2.15. The van der Waals surface area contributed by atoms with E-state index in [-0.39, 0.29) is 17.9 Å². The Balaban J connectivity index is 1.47. The van der Waals surface area contributed by atoms with Gasteiger partial charge in [-0.3, -0.25) is 9.59 Å². The van der Waals surface area contributed by atoms with E-state index in [1.165, 1.54) is 0 Å². The highest BCUT2D eigenvalue weighted by Crippen LogP contribution is 2.52. The van der Waals surface area contributed by atoms with Gasteiger partial charge in [-0.05, 0) is 12.8 Å². The molecule has 1 aromatic rings. The molecule has 4 rings (SSSR count). The molecule has 0 aromatic carbocycles. The minimum atomic E-state index is -0.615. The summed E-state index contributed by atoms with van der Waals surface area (Å²) in [5.41, 5.74) is -0.615. The van der Waals surface area contributed by atoms with E-state index in [1.807, 2.05) is 41.8 Å². The molecule has 0 radical (unpaired) electrons. The highest BCUT2D eigenvalue weighted by atomic mass is 16.5. The third-order valence-electron chi connectivity index (χ3n) is 7.07. The van der Waals surface area contributed by atoms with Crippen LogP contribution < -0.4 is 0 Å². The normalized spacial score (nSPS) is 29.9. The monoisotopic (exact) mass is 400 g/mol. The first-order chi connectivity index (χ1) is 13.9. The van der Waals surface area contributed by atoms with Gasteiger partial charge < -0.3 is 19.1 Å². The molecular weight excluding hydrogens is 368 g/mol. The van der Waals surface area contributed by atoms with Gasteiger partial charge in [0.05, 0.1) is 24.5 Å². The minimum Gasteiger partial charge on any atom is -0.360 e. The zero-order chi connectivity index (χ0) is 20.8. The Morgan fingerprint density at radius 2 is 2.17 bits per heavy atom. The van der Waals surface area contributed by atoms with Gasteiger partial charge in [0, 0.05) is 39.1 Å². The fourth-order valence-electron chi connectivity index (χ4n) is 5.14. The van der Waals surface area contributed by atoms with Crippen LogP contribution in [-0.4, -0.2) is 69.6 Å². The highest BCUT2D eigenvalue weighted by Gasteiger charge is 2.67. The molecule has 1 aromatic heterocycles. The number of likely N-dealkylation sites (N-methyl/N-ethyl adjacent to an activating group) is 1. The number of likely N-dealkylation sites (tertiary alicyclic amines) is 1. The van der Waals surface area contributed by atoms with Gasteiger partial charge in [-0.15, -0.1) is 0 Å². The molecular formula is C22H32N4O3. The summed E-state index contributed by atoms with van der Waals surface area (Å²) in [6.45, 7) is 8.87. The average molecular weight is 401 g/mol. The van der Waals surface area contributed by atoms with Crippen LogP contribution in [0.4, 0.5) is 0 Å². The number of aryl methyl sites for hydroxylation is 1. The van der Waals surface area contributed by atoms with E-state index in [4.69, 9.17) is 4.74 Å². The predicted octanol–water partition coefficient (Wildman–Crippen LogP) is 1.87. The maximum Gasteiger partial charge on any atom is 0.230 e. The third kappa shape index (κ3) is 3.29. The molecule has 2 bridgehead atoms. The number of ether oxygens (including phenoxy) is 1. The van der Waals surface area contributed by atoms with E-state index in [9.17, 15) is 9.59 Å². The maximum atomic E-state index is 13.3. The quantitative estimate of drug-likeness (QED) is 0.625. The first-order valence-electron chi connectivity index (χ1n) is 10.8. The number of rotatable bonds is 8. The molecule has 158 valence electrons. The van der Waals surface area contributed by atoms with Crippen LogP contribution in [0.3, 0.4) is 0 Å². The number of hydrogen-bond acceptors (Lipinski definition) is 4. The van der Waals surface area contributed by atoms with Crippen molar-refractivity contribution in [2.75, 3.05) is 26.7 Å². The number of amides is 2. The summed E-state index contributed by atoms with van der Waals surface area (Å²) in [5.74, 6) is 0.692. The summed E-state index contributed by atoms with van der Waals surface area (Å²) in [4.78, 5) is 34.5. The van der Waals surface area contributed by atoms with Gasteiger partial charge in [0.15, 0.2) is 0 Å². The van der Waals surface area contributed by atoms with E-state index in [0.29, 0.717) is 25.6 Å². The lowest BCUT2D eigenvalue weighted by Crippen LogP contribution is -2.45. The Bertz CT molecular complexity index is 815. The summed E-state index contributed by atoms with van der Waals surface area (Å²) in [5, 5.41) is 0. The number of fused-ring (bicyclic) bond motifs is 1. The lowest BCUT2D eigenvalue weighted by molar-refractivity contribution is -0.142. The molecule has 2 saturated heterocycles. The molecule has 2 amide bonds. The van der Waals surface area contributed by atoms with Gasteiger partial charge in [-0.2, -0.15) is 0 Å². The summed E-state index contributed by atoms with van der Waals surface area (Å²) in [6, 6.07) is 0. The molecule has 0 saturated carbocycles. The SMILES string of the molecule is CCC(CC)CN1C[C@]23C=C[C@H](O2)[C@@H](C(=O)N(C)CCn2ccnc2C)[C@H]3C1=O. The van der Waals surface area contributed by atoms with Gasteiger partial charge in [-0.25, -0.2) is 4.98 Å². The van der Waals surface area contributed by atoms with E-state index < -0.39 is 17.4 Å². The maximum absolute atomic E-state index is 13.3. The first-order valence-corrected chi connectivity index (χ1v) is 10.8. The van der Waals surface area contributed by atoms with Crippen LogP contribution in [0.5, 0.6) is 0 Å². The number of hydrogen-bond donors (Lipinski definition) is 0. The molecule has 0 unspecified atom stereocenters. The number of imidazole rings is 1. The molecule has 2 fully saturated rings. The summed E-state index contributed by atoms with van der Waals surface area (Å²) in [7, 11) is 1.82. The predicted molar refractivity (Wildman–Crippen MR) is 109 cm³/mol. The second-order valence-electron chi connectivity index (χ2n) is 8.73. The molecule has 0 N–H and O–H groups in total. The number of aromatic nitrogens is 2. The summed E-state index contributed by atoms with van der Waals surface area (Å²) in [6.07, 6.45) is 9.52. The van der Waals surface area contributed by atoms with Gasteiger partial charge in [0.2, 0.25) is 11.8 Å². The number of carbonyl (C=O) groups excluding carboxylic acids is 2. The third-order valence-corrected chi connectivity index (χ3v) is 7.07. The molecule has 7 heteroatoms. The van der Waals surface area contributed by atoms with Gasteiger partial charge >= 0.3 is 0 Å². The van der Waals surface area contributed by atoms with E-state index >= 15 is 0 Å². The smallest absolute Gasteiger partial charge is 0.230 e. The van der Waals surface area contributed by atoms with Crippen LogP contribution >= 0.6 is 0 Å². The minimum absolute atomic E-state index is 0.00160. The second kappa shape index (κ2) is 7.59. The van der Waals surface area contributed by atoms with Crippen molar-refractivity contribution >= 4 is 11.8 Å². The van der Waals surface area contributed by atoms with E-state index in [2.05, 4.69) is 18.8 Å². The molecule has 4 atom stereocenters. The largest absolute Gasteiger partial charge is 0.360 e. The molecule has 1 spiro atoms. The van der Waals surface area contributed by atoms with Crippen LogP contribution in [0.15, 0.2) is 24.5 Å². The van der Waals surface area contributed by atoms with Gasteiger partial charge in [-0.1, -0.05) is 38.8 Å². The Kier molecular flexibility index (Phi) is 5.27. The second-order valence-corrected chi connectivity index (χ2v) is 8.73. The average Bonchev–Trinajstić information content (AvgIpc) is 3.45. The topological polar surface area (TPSA) is 67.7 Å². The number of carbonyl (C=O) groups is 2. The summed E-state index contributed by atoms with van der Waals surface area (Å²) < 4.78 is 8.28. The van der Waals surface area contributed by atoms with Crippen LogP contribution in [0, 0.1) is 24.7 Å². The van der Waals surface area contributed by atoms with Crippen molar-refractivity contribution in [2.24, 2.45) is 17.8 Å². The zero-order valence-electron chi connectivity index (χ0n) is 17.9. The van der Waals surface area contributed by atoms with E-state index in [1.54, 1.807) is 11.1 Å². The lowest BCUT2D eigenvalue weighted by atomic mass is 9.76. The van der Waals surface area contributed by atoms with Crippen molar-refractivity contribution in [3.8, 4) is 0 Å². The fourth-order valence-corrected chi connectivity index (χ4v) is 5.14. The van der Waals surface area contributed by atoms with Crippen molar-refractivity contribution < 1.29 is 14.3 Å². The van der Waals surface area contributed by atoms with Crippen LogP contribution in [-0.2, 0) is 20.9 Å². The summed E-state index contributed by atoms with van der Waals surface area (Å²) >= 11 is 0. The molecule has 29 heavy (non-hydrogen) atoms. The van der Waals surface area contributed by atoms with Crippen molar-refractivity contribution in [3.05, 3.63) is 30.4 Å². The van der Waals surface area contributed by atoms with Gasteiger partial charge in [0.25, 0.3) is 0 Å². The Labute approximate surface area is 172 Å². The fraction of sp³-hybridized carbons (Fsp3) is 0.682. The lowest BCUT2D eigenvalue weighted by Gasteiger charge is -2.28. The van der Waals surface area contributed by atoms with Gasteiger partial charge in [0.1, 0.15) is 11.4 Å².